The van der Waals surface area contributed by atoms with Crippen LogP contribution in [0.2, 0.25) is 0 Å². The lowest BCUT2D eigenvalue weighted by atomic mass is 10.1. The van der Waals surface area contributed by atoms with Crippen molar-refractivity contribution in [3.63, 3.8) is 0 Å². The summed E-state index contributed by atoms with van der Waals surface area (Å²) in [6.45, 7) is 6.81. The molecule has 0 bridgehead atoms. The molecule has 1 N–H and O–H groups in total. The van der Waals surface area contributed by atoms with E-state index in [0.29, 0.717) is 0 Å². The van der Waals surface area contributed by atoms with Crippen molar-refractivity contribution < 1.29 is 9.47 Å². The van der Waals surface area contributed by atoms with E-state index in [1.807, 2.05) is 12.1 Å². The molecule has 1 fully saturated rings. The molecule has 1 aliphatic rings. The van der Waals surface area contributed by atoms with E-state index < -0.39 is 0 Å². The lowest BCUT2D eigenvalue weighted by Crippen LogP contribution is -2.39. The van der Waals surface area contributed by atoms with Crippen molar-refractivity contribution in [1.82, 2.24) is 5.32 Å². The number of benzene rings is 2. The molecule has 0 radical (unpaired) electrons. The van der Waals surface area contributed by atoms with Crippen LogP contribution in [0.4, 0.5) is 0 Å². The third-order valence-electron chi connectivity index (χ3n) is 3.81. The maximum Gasteiger partial charge on any atom is 0.133 e. The number of para-hydroxylation sites is 1. The van der Waals surface area contributed by atoms with Crippen LogP contribution in [0.15, 0.2) is 58.3 Å². The second-order valence-electron chi connectivity index (χ2n) is 6.26. The normalized spacial score (nSPS) is 17.9. The number of hydrogen-bond acceptors (Lipinski definition) is 4. The first kappa shape index (κ1) is 17.3. The van der Waals surface area contributed by atoms with Gasteiger partial charge in [-0.1, -0.05) is 36.0 Å². The third-order valence-corrected chi connectivity index (χ3v) is 4.85. The van der Waals surface area contributed by atoms with Gasteiger partial charge in [0.1, 0.15) is 5.75 Å². The van der Waals surface area contributed by atoms with Crippen molar-refractivity contribution in [3.05, 3.63) is 54.1 Å². The van der Waals surface area contributed by atoms with Crippen LogP contribution in [0.3, 0.4) is 0 Å². The van der Waals surface area contributed by atoms with E-state index in [-0.39, 0.29) is 12.2 Å². The van der Waals surface area contributed by atoms with Crippen LogP contribution in [0.25, 0.3) is 0 Å². The molecule has 1 heterocycles. The molecule has 4 heteroatoms. The first-order valence-electron chi connectivity index (χ1n) is 8.55. The molecule has 0 saturated carbocycles. The summed E-state index contributed by atoms with van der Waals surface area (Å²) in [7, 11) is 0. The molecule has 0 aliphatic carbocycles. The predicted molar refractivity (Wildman–Crippen MR) is 99.1 cm³/mol. The highest BCUT2D eigenvalue weighted by Gasteiger charge is 2.14. The van der Waals surface area contributed by atoms with E-state index in [4.69, 9.17) is 9.47 Å². The Morgan fingerprint density at radius 3 is 2.88 bits per heavy atom. The van der Waals surface area contributed by atoms with Crippen molar-refractivity contribution in [2.24, 2.45) is 0 Å². The van der Waals surface area contributed by atoms with Gasteiger partial charge >= 0.3 is 0 Å². The Morgan fingerprint density at radius 1 is 1.21 bits per heavy atom. The Morgan fingerprint density at radius 2 is 2.08 bits per heavy atom. The molecule has 1 atom stereocenters. The van der Waals surface area contributed by atoms with Crippen LogP contribution in [-0.4, -0.2) is 31.9 Å². The van der Waals surface area contributed by atoms with Crippen molar-refractivity contribution in [2.75, 3.05) is 19.7 Å². The van der Waals surface area contributed by atoms with E-state index in [9.17, 15) is 0 Å². The Bertz CT molecular complexity index is 654. The van der Waals surface area contributed by atoms with Gasteiger partial charge in [-0.15, -0.1) is 0 Å². The van der Waals surface area contributed by atoms with Gasteiger partial charge in [-0.2, -0.15) is 0 Å². The number of rotatable bonds is 6. The van der Waals surface area contributed by atoms with E-state index in [1.54, 1.807) is 11.8 Å². The fraction of sp³-hybridized carbons (Fsp3) is 0.400. The Hall–Kier alpha value is -1.49. The van der Waals surface area contributed by atoms with Gasteiger partial charge in [-0.05, 0) is 50.1 Å². The minimum absolute atomic E-state index is 0.175. The maximum absolute atomic E-state index is 5.92. The number of nitrogens with one attached hydrogen (secondary N) is 1. The maximum atomic E-state index is 5.92. The van der Waals surface area contributed by atoms with E-state index in [2.05, 4.69) is 55.6 Å². The second-order valence-corrected chi connectivity index (χ2v) is 7.38. The molecule has 0 spiro atoms. The molecule has 2 aromatic rings. The largest absolute Gasteiger partial charge is 0.490 e. The van der Waals surface area contributed by atoms with Crippen LogP contribution in [-0.2, 0) is 11.2 Å². The fourth-order valence-electron chi connectivity index (χ4n) is 2.76. The first-order chi connectivity index (χ1) is 11.7. The second kappa shape index (κ2) is 8.56. The Labute approximate surface area is 148 Å². The molecule has 24 heavy (non-hydrogen) atoms. The Kier molecular flexibility index (Phi) is 6.18. The molecule has 3 nitrogen and oxygen atoms in total. The van der Waals surface area contributed by atoms with Gasteiger partial charge in [-0.3, -0.25) is 0 Å². The van der Waals surface area contributed by atoms with Crippen molar-refractivity contribution in [1.29, 1.82) is 0 Å². The molecular formula is C20H25NO2S. The van der Waals surface area contributed by atoms with E-state index in [0.717, 1.165) is 36.8 Å². The molecule has 0 aromatic heterocycles. The quantitative estimate of drug-likeness (QED) is 0.853. The zero-order valence-electron chi connectivity index (χ0n) is 14.3. The highest BCUT2D eigenvalue weighted by atomic mass is 32.2. The van der Waals surface area contributed by atoms with Crippen LogP contribution < -0.4 is 10.1 Å². The predicted octanol–water partition coefficient (Wildman–Crippen LogP) is 4.16. The van der Waals surface area contributed by atoms with Gasteiger partial charge in [0.2, 0.25) is 0 Å². The SMILES string of the molecule is CC(C)Oc1ccccc1Sc1cccc(C[C@H]2CNCCO2)c1. The summed E-state index contributed by atoms with van der Waals surface area (Å²) >= 11 is 1.75. The summed E-state index contributed by atoms with van der Waals surface area (Å²) in [6.07, 6.45) is 1.40. The third kappa shape index (κ3) is 5.00. The minimum atomic E-state index is 0.175. The molecular weight excluding hydrogens is 318 g/mol. The van der Waals surface area contributed by atoms with Crippen LogP contribution in [0, 0.1) is 0 Å². The van der Waals surface area contributed by atoms with Crippen molar-refractivity contribution in [2.45, 2.75) is 42.3 Å². The molecule has 0 unspecified atom stereocenters. The highest BCUT2D eigenvalue weighted by molar-refractivity contribution is 7.99. The standard InChI is InChI=1S/C20H25NO2S/c1-15(2)23-19-8-3-4-9-20(19)24-18-7-5-6-16(13-18)12-17-14-21-10-11-22-17/h3-9,13,15,17,21H,10-12,14H2,1-2H3/t17-/m0/s1. The van der Waals surface area contributed by atoms with Crippen LogP contribution in [0.5, 0.6) is 5.75 Å². The molecule has 0 amide bonds. The number of ether oxygens (including phenoxy) is 2. The lowest BCUT2D eigenvalue weighted by Gasteiger charge is -2.23. The summed E-state index contributed by atoms with van der Waals surface area (Å²) in [4.78, 5) is 2.38. The van der Waals surface area contributed by atoms with E-state index in [1.165, 1.54) is 10.5 Å². The summed E-state index contributed by atoms with van der Waals surface area (Å²) in [6, 6.07) is 16.9. The molecule has 2 aromatic carbocycles. The lowest BCUT2D eigenvalue weighted by molar-refractivity contribution is 0.0292. The summed E-state index contributed by atoms with van der Waals surface area (Å²) < 4.78 is 11.7. The molecule has 1 aliphatic heterocycles. The average Bonchev–Trinajstić information content (AvgIpc) is 2.57. The van der Waals surface area contributed by atoms with Crippen molar-refractivity contribution in [3.8, 4) is 5.75 Å². The Balaban J connectivity index is 1.70. The zero-order chi connectivity index (χ0) is 16.8. The van der Waals surface area contributed by atoms with Crippen molar-refractivity contribution >= 4 is 11.8 Å². The van der Waals surface area contributed by atoms with Crippen LogP contribution >= 0.6 is 11.8 Å². The topological polar surface area (TPSA) is 30.5 Å². The summed E-state index contributed by atoms with van der Waals surface area (Å²) in [5, 5.41) is 3.39. The van der Waals surface area contributed by atoms with Gasteiger partial charge in [0, 0.05) is 18.0 Å². The van der Waals surface area contributed by atoms with E-state index >= 15 is 0 Å². The average molecular weight is 343 g/mol. The fourth-order valence-corrected chi connectivity index (χ4v) is 3.74. The smallest absolute Gasteiger partial charge is 0.133 e. The van der Waals surface area contributed by atoms with Gasteiger partial charge in [0.05, 0.1) is 23.7 Å². The molecule has 3 rings (SSSR count). The summed E-state index contributed by atoms with van der Waals surface area (Å²) in [5.41, 5.74) is 1.32. The number of morpholine rings is 1. The highest BCUT2D eigenvalue weighted by Crippen LogP contribution is 2.35. The van der Waals surface area contributed by atoms with Gasteiger partial charge in [-0.25, -0.2) is 0 Å². The van der Waals surface area contributed by atoms with Crippen LogP contribution in [0.1, 0.15) is 19.4 Å². The molecule has 128 valence electrons. The zero-order valence-corrected chi connectivity index (χ0v) is 15.1. The molecule has 1 saturated heterocycles. The van der Waals surface area contributed by atoms with Gasteiger partial charge in [0.25, 0.3) is 0 Å². The number of hydrogen-bond donors (Lipinski definition) is 1. The minimum Gasteiger partial charge on any atom is -0.490 e. The van der Waals surface area contributed by atoms with Gasteiger partial charge < -0.3 is 14.8 Å². The first-order valence-corrected chi connectivity index (χ1v) is 9.37. The monoisotopic (exact) mass is 343 g/mol. The summed E-state index contributed by atoms with van der Waals surface area (Å²) in [5.74, 6) is 0.947. The van der Waals surface area contributed by atoms with Gasteiger partial charge in [0.15, 0.2) is 0 Å².